The number of rotatable bonds is 5. The quantitative estimate of drug-likeness (QED) is 0.888. The monoisotopic (exact) mass is 346 g/mol. The first kappa shape index (κ1) is 15.8. The Labute approximate surface area is 145 Å². The molecule has 0 saturated carbocycles. The van der Waals surface area contributed by atoms with Gasteiger partial charge in [-0.25, -0.2) is 0 Å². The van der Waals surface area contributed by atoms with Gasteiger partial charge in [0.1, 0.15) is 5.69 Å². The average Bonchev–Trinajstić information content (AvgIpc) is 3.31. The normalized spacial score (nSPS) is 26.6. The minimum Gasteiger partial charge on any atom is -0.376 e. The molecule has 2 aromatic rings. The second-order valence-corrected chi connectivity index (χ2v) is 7.65. The Kier molecular flexibility index (Phi) is 4.39. The van der Waals surface area contributed by atoms with Gasteiger partial charge in [0.15, 0.2) is 0 Å². The van der Waals surface area contributed by atoms with Crippen molar-refractivity contribution >= 4 is 17.2 Å². The fourth-order valence-corrected chi connectivity index (χ4v) is 4.50. The number of nitrogens with zero attached hydrogens (tertiary/aromatic N) is 3. The highest BCUT2D eigenvalue weighted by Gasteiger charge is 2.43. The number of thiophene rings is 1. The van der Waals surface area contributed by atoms with Crippen molar-refractivity contribution in [1.29, 1.82) is 0 Å². The lowest BCUT2D eigenvalue weighted by Gasteiger charge is -2.19. The summed E-state index contributed by atoms with van der Waals surface area (Å²) in [5.41, 5.74) is 0.594. The molecule has 0 radical (unpaired) electrons. The molecule has 1 N–H and O–H groups in total. The summed E-state index contributed by atoms with van der Waals surface area (Å²) in [5, 5.41) is 9.21. The van der Waals surface area contributed by atoms with Gasteiger partial charge in [0.2, 0.25) is 0 Å². The van der Waals surface area contributed by atoms with Gasteiger partial charge in [-0.15, -0.1) is 11.3 Å². The van der Waals surface area contributed by atoms with Crippen LogP contribution in [0, 0.1) is 11.8 Å². The second-order valence-electron chi connectivity index (χ2n) is 6.62. The van der Waals surface area contributed by atoms with Gasteiger partial charge in [0, 0.05) is 56.1 Å². The maximum absolute atomic E-state index is 12.2. The fraction of sp³-hybridized carbons (Fsp3) is 0.529. The van der Waals surface area contributed by atoms with E-state index in [9.17, 15) is 4.79 Å². The van der Waals surface area contributed by atoms with Crippen LogP contribution in [0.1, 0.15) is 15.4 Å². The predicted octanol–water partition coefficient (Wildman–Crippen LogP) is 1.36. The van der Waals surface area contributed by atoms with Gasteiger partial charge in [0.25, 0.3) is 5.91 Å². The molecule has 0 aliphatic carbocycles. The molecule has 2 saturated heterocycles. The molecular formula is C17H22N4O2S. The van der Waals surface area contributed by atoms with E-state index in [1.165, 1.54) is 4.88 Å². The van der Waals surface area contributed by atoms with Crippen LogP contribution in [0.15, 0.2) is 29.8 Å². The Balaban J connectivity index is 1.31. The molecule has 0 bridgehead atoms. The molecule has 7 heteroatoms. The molecule has 0 unspecified atom stereocenters. The van der Waals surface area contributed by atoms with E-state index in [4.69, 9.17) is 4.74 Å². The summed E-state index contributed by atoms with van der Waals surface area (Å²) in [7, 11) is 1.78. The number of amides is 1. The summed E-state index contributed by atoms with van der Waals surface area (Å²) >= 11 is 1.80. The van der Waals surface area contributed by atoms with Gasteiger partial charge in [0.05, 0.1) is 12.7 Å². The van der Waals surface area contributed by atoms with Gasteiger partial charge >= 0.3 is 0 Å². The number of nitrogens with one attached hydrogen (secondary N) is 1. The number of ether oxygens (including phenoxy) is 1. The smallest absolute Gasteiger partial charge is 0.269 e. The lowest BCUT2D eigenvalue weighted by atomic mass is 9.93. The molecule has 4 heterocycles. The van der Waals surface area contributed by atoms with Crippen molar-refractivity contribution < 1.29 is 9.53 Å². The van der Waals surface area contributed by atoms with Crippen LogP contribution in [-0.2, 0) is 18.3 Å². The van der Waals surface area contributed by atoms with E-state index in [1.807, 2.05) is 0 Å². The molecule has 6 nitrogen and oxygen atoms in total. The van der Waals surface area contributed by atoms with Crippen molar-refractivity contribution in [2.24, 2.45) is 18.9 Å². The number of aromatic nitrogens is 2. The lowest BCUT2D eigenvalue weighted by Crippen LogP contribution is -2.35. The SMILES string of the molecule is Cn1nccc1C(=O)NC[C@@H]1CO[C@@H]2CN(Cc3cccs3)C[C@H]12. The van der Waals surface area contributed by atoms with Crippen molar-refractivity contribution in [3.63, 3.8) is 0 Å². The maximum Gasteiger partial charge on any atom is 0.269 e. The van der Waals surface area contributed by atoms with Crippen molar-refractivity contribution in [1.82, 2.24) is 20.0 Å². The van der Waals surface area contributed by atoms with E-state index in [-0.39, 0.29) is 5.91 Å². The molecular weight excluding hydrogens is 324 g/mol. The third-order valence-corrected chi connectivity index (χ3v) is 5.91. The van der Waals surface area contributed by atoms with Gasteiger partial charge in [-0.2, -0.15) is 5.10 Å². The summed E-state index contributed by atoms with van der Waals surface area (Å²) < 4.78 is 7.58. The van der Waals surface area contributed by atoms with Crippen molar-refractivity contribution in [3.05, 3.63) is 40.3 Å². The molecule has 24 heavy (non-hydrogen) atoms. The van der Waals surface area contributed by atoms with Crippen molar-refractivity contribution in [2.75, 3.05) is 26.2 Å². The Morgan fingerprint density at radius 2 is 2.38 bits per heavy atom. The van der Waals surface area contributed by atoms with Crippen LogP contribution in [0.4, 0.5) is 0 Å². The molecule has 2 fully saturated rings. The van der Waals surface area contributed by atoms with E-state index in [0.29, 0.717) is 30.2 Å². The highest BCUT2D eigenvalue weighted by Crippen LogP contribution is 2.34. The van der Waals surface area contributed by atoms with Crippen LogP contribution >= 0.6 is 11.3 Å². The van der Waals surface area contributed by atoms with Crippen LogP contribution in [0.25, 0.3) is 0 Å². The number of hydrogen-bond acceptors (Lipinski definition) is 5. The number of carbonyl (C=O) groups is 1. The summed E-state index contributed by atoms with van der Waals surface area (Å²) in [4.78, 5) is 16.1. The predicted molar refractivity (Wildman–Crippen MR) is 91.9 cm³/mol. The Bertz CT molecular complexity index is 699. The molecule has 3 atom stereocenters. The van der Waals surface area contributed by atoms with Gasteiger partial charge in [-0.1, -0.05) is 6.07 Å². The first-order valence-electron chi connectivity index (χ1n) is 8.33. The zero-order valence-electron chi connectivity index (χ0n) is 13.7. The molecule has 0 aromatic carbocycles. The van der Waals surface area contributed by atoms with Crippen LogP contribution < -0.4 is 5.32 Å². The molecule has 0 spiro atoms. The Morgan fingerprint density at radius 3 is 3.12 bits per heavy atom. The van der Waals surface area contributed by atoms with Crippen LogP contribution in [0.5, 0.6) is 0 Å². The first-order valence-corrected chi connectivity index (χ1v) is 9.21. The number of aryl methyl sites for hydroxylation is 1. The van der Waals surface area contributed by atoms with Crippen LogP contribution in [-0.4, -0.2) is 52.9 Å². The number of carbonyl (C=O) groups excluding carboxylic acids is 1. The van der Waals surface area contributed by atoms with E-state index < -0.39 is 0 Å². The molecule has 2 aromatic heterocycles. The summed E-state index contributed by atoms with van der Waals surface area (Å²) in [6, 6.07) is 6.02. The molecule has 2 aliphatic rings. The number of fused-ring (bicyclic) bond motifs is 1. The van der Waals surface area contributed by atoms with E-state index in [1.54, 1.807) is 35.3 Å². The maximum atomic E-state index is 12.2. The summed E-state index contributed by atoms with van der Waals surface area (Å²) in [6.07, 6.45) is 1.95. The van der Waals surface area contributed by atoms with Crippen molar-refractivity contribution in [2.45, 2.75) is 12.6 Å². The van der Waals surface area contributed by atoms with E-state index >= 15 is 0 Å². The molecule has 2 aliphatic heterocycles. The third kappa shape index (κ3) is 3.11. The summed E-state index contributed by atoms with van der Waals surface area (Å²) in [5.74, 6) is 0.837. The van der Waals surface area contributed by atoms with E-state index in [2.05, 4.69) is 32.8 Å². The standard InChI is InChI=1S/C17H22N4O2S/c1-20-15(4-5-19-20)17(22)18-7-12-11-23-16-10-21(9-14(12)16)8-13-3-2-6-24-13/h2-6,12,14,16H,7-11H2,1H3,(H,18,22)/t12-,14-,16-/m1/s1. The highest BCUT2D eigenvalue weighted by atomic mass is 32.1. The molecule has 4 rings (SSSR count). The minimum absolute atomic E-state index is 0.0631. The van der Waals surface area contributed by atoms with Gasteiger partial charge < -0.3 is 10.1 Å². The Morgan fingerprint density at radius 1 is 1.46 bits per heavy atom. The van der Waals surface area contributed by atoms with Crippen molar-refractivity contribution in [3.8, 4) is 0 Å². The minimum atomic E-state index is -0.0631. The van der Waals surface area contributed by atoms with Crippen LogP contribution in [0.2, 0.25) is 0 Å². The average molecular weight is 346 g/mol. The topological polar surface area (TPSA) is 59.4 Å². The van der Waals surface area contributed by atoms with Gasteiger partial charge in [-0.3, -0.25) is 14.4 Å². The summed E-state index contributed by atoms with van der Waals surface area (Å²) in [6.45, 7) is 4.46. The Hall–Kier alpha value is -1.70. The number of hydrogen-bond donors (Lipinski definition) is 1. The number of likely N-dealkylation sites (tertiary alicyclic amines) is 1. The van der Waals surface area contributed by atoms with E-state index in [0.717, 1.165) is 26.2 Å². The zero-order chi connectivity index (χ0) is 16.5. The third-order valence-electron chi connectivity index (χ3n) is 5.05. The lowest BCUT2D eigenvalue weighted by molar-refractivity contribution is 0.0899. The van der Waals surface area contributed by atoms with Crippen LogP contribution in [0.3, 0.4) is 0 Å². The highest BCUT2D eigenvalue weighted by molar-refractivity contribution is 7.09. The molecule has 1 amide bonds. The second kappa shape index (κ2) is 6.66. The van der Waals surface area contributed by atoms with Gasteiger partial charge in [-0.05, 0) is 17.5 Å². The molecule has 128 valence electrons. The fourth-order valence-electron chi connectivity index (χ4n) is 3.75. The first-order chi connectivity index (χ1) is 11.7. The zero-order valence-corrected chi connectivity index (χ0v) is 14.5. The largest absolute Gasteiger partial charge is 0.376 e.